The number of hydrogen-bond donors (Lipinski definition) is 1. The number of nitrogens with one attached hydrogen (secondary N) is 1. The van der Waals surface area contributed by atoms with E-state index in [1.54, 1.807) is 11.6 Å². The van der Waals surface area contributed by atoms with Crippen LogP contribution in [0.1, 0.15) is 42.3 Å². The number of hydrogen-bond acceptors (Lipinski definition) is 10. The molecule has 0 radical (unpaired) electrons. The molecule has 2 aliphatic heterocycles. The number of piperidine rings is 1. The molecule has 1 atom stereocenters. The molecule has 2 aromatic rings. The number of carbonyl (C=O) groups is 2. The number of esters is 2. The van der Waals surface area contributed by atoms with Gasteiger partial charge in [-0.2, -0.15) is 0 Å². The number of halogens is 3. The van der Waals surface area contributed by atoms with E-state index < -0.39 is 44.7 Å². The van der Waals surface area contributed by atoms with Crippen molar-refractivity contribution in [3.05, 3.63) is 74.4 Å². The summed E-state index contributed by atoms with van der Waals surface area (Å²) in [6.45, 7) is 3.96. The standard InChI is InChI=1S/C27H29ClF2N4O6S2/c1-15(26(35)39-2)5-4-14-42(37,38)34-11-8-16(9-12-34)22-19(27(36)40-3)23(17-6-7-18(29)21(30)20(17)28)33-24(32-22)25-31-10-13-41-25/h6-7,10,13,16,23H,1,4-5,8-9,11-12,14H2,2-3H3,(H,32,33). The Morgan fingerprint density at radius 2 is 1.93 bits per heavy atom. The van der Waals surface area contributed by atoms with Gasteiger partial charge in [0.05, 0.1) is 30.6 Å². The topological polar surface area (TPSA) is 127 Å². The van der Waals surface area contributed by atoms with Gasteiger partial charge in [-0.25, -0.2) is 36.1 Å². The van der Waals surface area contributed by atoms with Gasteiger partial charge in [-0.1, -0.05) is 24.2 Å². The van der Waals surface area contributed by atoms with E-state index >= 15 is 0 Å². The SMILES string of the molecule is C=C(CCCS(=O)(=O)N1CCC(C2=C(C(=O)OC)C(c3ccc(F)c(F)c3Cl)N=C(c3nccs3)N2)CC1)C(=O)OC. The van der Waals surface area contributed by atoms with Crippen LogP contribution >= 0.6 is 22.9 Å². The fraction of sp³-hybridized carbons (Fsp3) is 0.407. The largest absolute Gasteiger partial charge is 0.466 e. The molecule has 0 saturated carbocycles. The number of amidine groups is 1. The van der Waals surface area contributed by atoms with Crippen LogP contribution in [0.15, 0.2) is 52.1 Å². The third-order valence-corrected chi connectivity index (χ3v) is 10.2. The number of aromatic nitrogens is 1. The van der Waals surface area contributed by atoms with Gasteiger partial charge in [-0.3, -0.25) is 4.99 Å². The second kappa shape index (κ2) is 13.4. The van der Waals surface area contributed by atoms with Crippen LogP contribution in [0, 0.1) is 17.6 Å². The zero-order chi connectivity index (χ0) is 30.6. The summed E-state index contributed by atoms with van der Waals surface area (Å²) in [6.07, 6.45) is 2.67. The normalized spacial score (nSPS) is 18.3. The number of benzene rings is 1. The highest BCUT2D eigenvalue weighted by molar-refractivity contribution is 7.89. The number of ether oxygens (including phenoxy) is 2. The van der Waals surface area contributed by atoms with Crippen molar-refractivity contribution in [2.45, 2.75) is 31.7 Å². The Labute approximate surface area is 251 Å². The molecule has 1 N–H and O–H groups in total. The summed E-state index contributed by atoms with van der Waals surface area (Å²) in [6, 6.07) is 1.04. The predicted octanol–water partition coefficient (Wildman–Crippen LogP) is 4.14. The van der Waals surface area contributed by atoms with Gasteiger partial charge in [-0.05, 0) is 31.7 Å². The Balaban J connectivity index is 1.62. The van der Waals surface area contributed by atoms with Gasteiger partial charge in [0.15, 0.2) is 22.5 Å². The highest BCUT2D eigenvalue weighted by Gasteiger charge is 2.39. The second-order valence-electron chi connectivity index (χ2n) is 9.61. The molecule has 1 unspecified atom stereocenters. The zero-order valence-electron chi connectivity index (χ0n) is 22.9. The first kappa shape index (κ1) is 31.7. The number of carbonyl (C=O) groups excluding carboxylic acids is 2. The molecule has 3 heterocycles. The number of allylic oxidation sites excluding steroid dienone is 1. The minimum absolute atomic E-state index is 0.0633. The van der Waals surface area contributed by atoms with Crippen molar-refractivity contribution in [3.8, 4) is 0 Å². The number of aliphatic imine (C=N–C) groups is 1. The van der Waals surface area contributed by atoms with E-state index in [2.05, 4.69) is 26.6 Å². The fourth-order valence-corrected chi connectivity index (χ4v) is 7.29. The molecule has 1 fully saturated rings. The van der Waals surface area contributed by atoms with Crippen molar-refractivity contribution in [1.82, 2.24) is 14.6 Å². The molecule has 4 rings (SSSR count). The van der Waals surface area contributed by atoms with Crippen LogP contribution in [0.4, 0.5) is 8.78 Å². The van der Waals surface area contributed by atoms with Crippen molar-refractivity contribution >= 4 is 50.7 Å². The van der Waals surface area contributed by atoms with E-state index in [9.17, 15) is 26.8 Å². The van der Waals surface area contributed by atoms with Gasteiger partial charge in [0.1, 0.15) is 6.04 Å². The van der Waals surface area contributed by atoms with Crippen molar-refractivity contribution in [3.63, 3.8) is 0 Å². The predicted molar refractivity (Wildman–Crippen MR) is 153 cm³/mol. The molecule has 1 aromatic heterocycles. The summed E-state index contributed by atoms with van der Waals surface area (Å²) in [4.78, 5) is 33.6. The summed E-state index contributed by atoms with van der Waals surface area (Å²) in [5, 5.41) is 4.92. The van der Waals surface area contributed by atoms with Gasteiger partial charge in [0.2, 0.25) is 10.0 Å². The first-order valence-electron chi connectivity index (χ1n) is 12.9. The molecule has 0 amide bonds. The highest BCUT2D eigenvalue weighted by atomic mass is 35.5. The number of nitrogens with zero attached hydrogens (tertiary/aromatic N) is 3. The Morgan fingerprint density at radius 3 is 2.55 bits per heavy atom. The lowest BCUT2D eigenvalue weighted by Crippen LogP contribution is -2.43. The number of rotatable bonds is 10. The lowest BCUT2D eigenvalue weighted by molar-refractivity contribution is -0.137. The zero-order valence-corrected chi connectivity index (χ0v) is 25.3. The summed E-state index contributed by atoms with van der Waals surface area (Å²) >= 11 is 7.49. The fourth-order valence-electron chi connectivity index (χ4n) is 4.91. The molecular formula is C27H29ClF2N4O6S2. The molecule has 15 heteroatoms. The van der Waals surface area contributed by atoms with Gasteiger partial charge >= 0.3 is 11.9 Å². The van der Waals surface area contributed by atoms with E-state index in [0.29, 0.717) is 29.4 Å². The lowest BCUT2D eigenvalue weighted by atomic mass is 9.86. The quantitative estimate of drug-likeness (QED) is 0.233. The summed E-state index contributed by atoms with van der Waals surface area (Å²) in [5.74, 6) is -3.93. The molecule has 0 bridgehead atoms. The van der Waals surface area contributed by atoms with Crippen LogP contribution in [0.5, 0.6) is 0 Å². The van der Waals surface area contributed by atoms with Crippen molar-refractivity contribution in [1.29, 1.82) is 0 Å². The maximum absolute atomic E-state index is 14.5. The Kier molecular flexibility index (Phi) is 10.1. The maximum Gasteiger partial charge on any atom is 0.338 e. The van der Waals surface area contributed by atoms with Crippen LogP contribution in [0.25, 0.3) is 0 Å². The first-order valence-corrected chi connectivity index (χ1v) is 15.8. The van der Waals surface area contributed by atoms with Crippen molar-refractivity contribution in [2.75, 3.05) is 33.1 Å². The van der Waals surface area contributed by atoms with E-state index in [4.69, 9.17) is 16.3 Å². The Morgan fingerprint density at radius 1 is 1.21 bits per heavy atom. The minimum atomic E-state index is -3.63. The van der Waals surface area contributed by atoms with Crippen LogP contribution in [0.3, 0.4) is 0 Å². The average molecular weight is 643 g/mol. The molecule has 42 heavy (non-hydrogen) atoms. The van der Waals surface area contributed by atoms with Crippen LogP contribution < -0.4 is 5.32 Å². The molecule has 0 spiro atoms. The number of thiazole rings is 1. The third kappa shape index (κ3) is 6.72. The number of sulfonamides is 1. The highest BCUT2D eigenvalue weighted by Crippen LogP contribution is 2.41. The van der Waals surface area contributed by atoms with E-state index in [0.717, 1.165) is 6.07 Å². The number of methoxy groups -OCH3 is 2. The molecule has 1 aromatic carbocycles. The van der Waals surface area contributed by atoms with E-state index in [1.807, 2.05) is 0 Å². The maximum atomic E-state index is 14.5. The second-order valence-corrected chi connectivity index (χ2v) is 13.0. The Bertz CT molecular complexity index is 1540. The van der Waals surface area contributed by atoms with Gasteiger partial charge in [0, 0.05) is 47.4 Å². The average Bonchev–Trinajstić information content (AvgIpc) is 3.54. The monoisotopic (exact) mass is 642 g/mol. The Hall–Kier alpha value is -3.20. The first-order chi connectivity index (χ1) is 20.0. The summed E-state index contributed by atoms with van der Waals surface area (Å²) in [5.41, 5.74) is 0.760. The van der Waals surface area contributed by atoms with Crippen LogP contribution in [-0.2, 0) is 29.1 Å². The smallest absolute Gasteiger partial charge is 0.338 e. The molecule has 2 aliphatic rings. The molecule has 1 saturated heterocycles. The van der Waals surface area contributed by atoms with E-state index in [-0.39, 0.29) is 54.3 Å². The molecule has 10 nitrogen and oxygen atoms in total. The van der Waals surface area contributed by atoms with E-state index in [1.165, 1.54) is 35.9 Å². The van der Waals surface area contributed by atoms with Crippen molar-refractivity contribution in [2.24, 2.45) is 10.9 Å². The molecular weight excluding hydrogens is 614 g/mol. The minimum Gasteiger partial charge on any atom is -0.466 e. The molecule has 0 aliphatic carbocycles. The lowest BCUT2D eigenvalue weighted by Gasteiger charge is -2.36. The van der Waals surface area contributed by atoms with Crippen LogP contribution in [-0.4, -0.2) is 68.5 Å². The van der Waals surface area contributed by atoms with Gasteiger partial charge < -0.3 is 14.8 Å². The van der Waals surface area contributed by atoms with Crippen molar-refractivity contribution < 1.29 is 36.3 Å². The molecule has 226 valence electrons. The van der Waals surface area contributed by atoms with Gasteiger partial charge in [0.25, 0.3) is 0 Å². The third-order valence-electron chi connectivity index (χ3n) is 7.09. The van der Waals surface area contributed by atoms with Gasteiger partial charge in [-0.15, -0.1) is 11.3 Å². The summed E-state index contributed by atoms with van der Waals surface area (Å²) < 4.78 is 65.5. The van der Waals surface area contributed by atoms with Crippen LogP contribution in [0.2, 0.25) is 5.02 Å². The summed E-state index contributed by atoms with van der Waals surface area (Å²) in [7, 11) is -1.20.